The van der Waals surface area contributed by atoms with Crippen LogP contribution in [0.3, 0.4) is 0 Å². The first-order valence-corrected chi connectivity index (χ1v) is 8.29. The van der Waals surface area contributed by atoms with Crippen molar-refractivity contribution in [2.24, 2.45) is 0 Å². The van der Waals surface area contributed by atoms with E-state index in [1.165, 1.54) is 11.3 Å². The van der Waals surface area contributed by atoms with Crippen LogP contribution in [0.25, 0.3) is 0 Å². The molecule has 24 heavy (non-hydrogen) atoms. The van der Waals surface area contributed by atoms with Gasteiger partial charge in [0.05, 0.1) is 18.3 Å². The van der Waals surface area contributed by atoms with Gasteiger partial charge in [0.1, 0.15) is 17.4 Å². The molecule has 0 atom stereocenters. The third-order valence-electron chi connectivity index (χ3n) is 3.18. The molecule has 122 valence electrons. The molecule has 0 fully saturated rings. The van der Waals surface area contributed by atoms with Gasteiger partial charge in [0.2, 0.25) is 5.91 Å². The van der Waals surface area contributed by atoms with Crippen molar-refractivity contribution in [1.29, 1.82) is 0 Å². The van der Waals surface area contributed by atoms with Crippen molar-refractivity contribution in [2.75, 3.05) is 0 Å². The van der Waals surface area contributed by atoms with Crippen molar-refractivity contribution < 1.29 is 9.53 Å². The molecule has 0 aliphatic heterocycles. The summed E-state index contributed by atoms with van der Waals surface area (Å²) < 4.78 is 5.59. The van der Waals surface area contributed by atoms with Crippen LogP contribution in [0, 0.1) is 0 Å². The Morgan fingerprint density at radius 2 is 2.04 bits per heavy atom. The lowest BCUT2D eigenvalue weighted by molar-refractivity contribution is -0.120. The number of carbonyl (C=O) groups excluding carboxylic acids is 1. The predicted octanol–water partition coefficient (Wildman–Crippen LogP) is 2.37. The Morgan fingerprint density at radius 3 is 2.83 bits per heavy atom. The minimum Gasteiger partial charge on any atom is -0.485 e. The molecule has 0 unspecified atom stereocenters. The molecular weight excluding hydrogens is 324 g/mol. The fourth-order valence-corrected chi connectivity index (χ4v) is 2.71. The third kappa shape index (κ3) is 4.85. The molecular formula is C17H16N4O2S. The zero-order valence-electron chi connectivity index (χ0n) is 12.9. The van der Waals surface area contributed by atoms with E-state index in [1.54, 1.807) is 24.8 Å². The van der Waals surface area contributed by atoms with Gasteiger partial charge in [0.15, 0.2) is 0 Å². The second-order valence-corrected chi connectivity index (χ2v) is 5.96. The van der Waals surface area contributed by atoms with Crippen molar-refractivity contribution in [1.82, 2.24) is 20.3 Å². The number of carbonyl (C=O) groups is 1. The van der Waals surface area contributed by atoms with E-state index in [9.17, 15) is 4.79 Å². The van der Waals surface area contributed by atoms with E-state index in [0.29, 0.717) is 18.9 Å². The van der Waals surface area contributed by atoms with Crippen LogP contribution in [0.2, 0.25) is 0 Å². The van der Waals surface area contributed by atoms with Gasteiger partial charge in [0.25, 0.3) is 0 Å². The summed E-state index contributed by atoms with van der Waals surface area (Å²) in [4.78, 5) is 24.3. The molecule has 0 saturated carbocycles. The molecule has 0 radical (unpaired) electrons. The van der Waals surface area contributed by atoms with E-state index in [4.69, 9.17) is 4.74 Å². The normalized spacial score (nSPS) is 10.3. The minimum atomic E-state index is -0.0585. The number of ether oxygens (including phenoxy) is 1. The summed E-state index contributed by atoms with van der Waals surface area (Å²) in [6.45, 7) is 0.859. The molecule has 0 spiro atoms. The van der Waals surface area contributed by atoms with Gasteiger partial charge in [-0.3, -0.25) is 14.8 Å². The van der Waals surface area contributed by atoms with Crippen molar-refractivity contribution in [2.45, 2.75) is 19.6 Å². The maximum Gasteiger partial charge on any atom is 0.226 e. The summed E-state index contributed by atoms with van der Waals surface area (Å²) in [5.41, 5.74) is 1.76. The van der Waals surface area contributed by atoms with E-state index in [-0.39, 0.29) is 12.3 Å². The van der Waals surface area contributed by atoms with Crippen molar-refractivity contribution in [3.63, 3.8) is 0 Å². The SMILES string of the molecule is O=C(Cc1csc(COc2cccnc2)n1)NCc1ccncc1. The maximum absolute atomic E-state index is 12.0. The summed E-state index contributed by atoms with van der Waals surface area (Å²) in [6, 6.07) is 7.40. The number of nitrogens with zero attached hydrogens (tertiary/aromatic N) is 3. The number of nitrogens with one attached hydrogen (secondary N) is 1. The molecule has 6 nitrogen and oxygen atoms in total. The summed E-state index contributed by atoms with van der Waals surface area (Å²) in [5.74, 6) is 0.640. The number of aromatic nitrogens is 3. The van der Waals surface area contributed by atoms with E-state index in [2.05, 4.69) is 20.3 Å². The molecule has 0 aromatic carbocycles. The Balaban J connectivity index is 1.46. The molecule has 0 aliphatic carbocycles. The number of thiazole rings is 1. The highest BCUT2D eigenvalue weighted by molar-refractivity contribution is 7.09. The van der Waals surface area contributed by atoms with Crippen molar-refractivity contribution in [3.05, 3.63) is 70.7 Å². The molecule has 3 rings (SSSR count). The molecule has 0 bridgehead atoms. The van der Waals surface area contributed by atoms with Gasteiger partial charge < -0.3 is 10.1 Å². The van der Waals surface area contributed by atoms with Crippen LogP contribution in [-0.2, 0) is 24.4 Å². The molecule has 3 heterocycles. The smallest absolute Gasteiger partial charge is 0.226 e. The second-order valence-electron chi connectivity index (χ2n) is 5.02. The van der Waals surface area contributed by atoms with Crippen LogP contribution in [-0.4, -0.2) is 20.9 Å². The largest absolute Gasteiger partial charge is 0.485 e. The standard InChI is InChI=1S/C17H16N4O2S/c22-16(20-9-13-3-6-18-7-4-13)8-14-12-24-17(21-14)11-23-15-2-1-5-19-10-15/h1-7,10,12H,8-9,11H2,(H,20,22). The van der Waals surface area contributed by atoms with Crippen molar-refractivity contribution in [3.8, 4) is 5.75 Å². The Kier molecular flexibility index (Phi) is 5.47. The lowest BCUT2D eigenvalue weighted by Gasteiger charge is -2.04. The fourth-order valence-electron chi connectivity index (χ4n) is 2.00. The van der Waals surface area contributed by atoms with Gasteiger partial charge in [-0.15, -0.1) is 11.3 Å². The Morgan fingerprint density at radius 1 is 1.17 bits per heavy atom. The van der Waals surface area contributed by atoms with Crippen LogP contribution < -0.4 is 10.1 Å². The highest BCUT2D eigenvalue weighted by atomic mass is 32.1. The molecule has 3 aromatic rings. The summed E-state index contributed by atoms with van der Waals surface area (Å²) in [7, 11) is 0. The van der Waals surface area contributed by atoms with E-state index < -0.39 is 0 Å². The number of rotatable bonds is 7. The van der Waals surface area contributed by atoms with E-state index in [0.717, 1.165) is 16.3 Å². The van der Waals surface area contributed by atoms with Gasteiger partial charge >= 0.3 is 0 Å². The summed E-state index contributed by atoms with van der Waals surface area (Å²) >= 11 is 1.48. The van der Waals surface area contributed by atoms with E-state index in [1.807, 2.05) is 29.6 Å². The molecule has 7 heteroatoms. The minimum absolute atomic E-state index is 0.0585. The molecule has 0 aliphatic rings. The van der Waals surface area contributed by atoms with Crippen LogP contribution >= 0.6 is 11.3 Å². The monoisotopic (exact) mass is 340 g/mol. The predicted molar refractivity (Wildman–Crippen MR) is 90.5 cm³/mol. The Hall–Kier alpha value is -2.80. The summed E-state index contributed by atoms with van der Waals surface area (Å²) in [6.07, 6.45) is 7.02. The van der Waals surface area contributed by atoms with Gasteiger partial charge in [-0.25, -0.2) is 4.98 Å². The quantitative estimate of drug-likeness (QED) is 0.714. The molecule has 3 aromatic heterocycles. The number of hydrogen-bond donors (Lipinski definition) is 1. The van der Waals surface area contributed by atoms with Gasteiger partial charge in [0, 0.05) is 30.5 Å². The third-order valence-corrected chi connectivity index (χ3v) is 4.05. The highest BCUT2D eigenvalue weighted by Gasteiger charge is 2.08. The highest BCUT2D eigenvalue weighted by Crippen LogP contribution is 2.14. The zero-order chi connectivity index (χ0) is 16.6. The van der Waals surface area contributed by atoms with Gasteiger partial charge in [-0.2, -0.15) is 0 Å². The van der Waals surface area contributed by atoms with E-state index >= 15 is 0 Å². The lowest BCUT2D eigenvalue weighted by Crippen LogP contribution is -2.24. The average molecular weight is 340 g/mol. The first kappa shape index (κ1) is 16.1. The first-order chi connectivity index (χ1) is 11.8. The maximum atomic E-state index is 12.0. The fraction of sp³-hybridized carbons (Fsp3) is 0.176. The molecule has 1 N–H and O–H groups in total. The van der Waals surface area contributed by atoms with Gasteiger partial charge in [-0.1, -0.05) is 0 Å². The van der Waals surface area contributed by atoms with Crippen LogP contribution in [0.4, 0.5) is 0 Å². The number of pyridine rings is 2. The van der Waals surface area contributed by atoms with Crippen LogP contribution in [0.15, 0.2) is 54.4 Å². The number of amides is 1. The second kappa shape index (κ2) is 8.16. The number of hydrogen-bond acceptors (Lipinski definition) is 6. The Bertz CT molecular complexity index is 778. The lowest BCUT2D eigenvalue weighted by atomic mass is 10.2. The zero-order valence-corrected chi connectivity index (χ0v) is 13.7. The van der Waals surface area contributed by atoms with Crippen molar-refractivity contribution >= 4 is 17.2 Å². The average Bonchev–Trinajstić information content (AvgIpc) is 3.07. The molecule has 1 amide bonds. The van der Waals surface area contributed by atoms with Crippen LogP contribution in [0.5, 0.6) is 5.75 Å². The first-order valence-electron chi connectivity index (χ1n) is 7.41. The van der Waals surface area contributed by atoms with Crippen LogP contribution in [0.1, 0.15) is 16.3 Å². The topological polar surface area (TPSA) is 77.0 Å². The summed E-state index contributed by atoms with van der Waals surface area (Å²) in [5, 5.41) is 5.59. The Labute approximate surface area is 143 Å². The molecule has 0 saturated heterocycles. The van der Waals surface area contributed by atoms with Gasteiger partial charge in [-0.05, 0) is 29.8 Å².